The van der Waals surface area contributed by atoms with Crippen molar-refractivity contribution in [2.24, 2.45) is 0 Å². The number of carbonyl (C=O) groups excluding carboxylic acids is 1. The molecule has 0 aromatic heterocycles. The van der Waals surface area contributed by atoms with Crippen LogP contribution in [0.15, 0.2) is 12.2 Å². The van der Waals surface area contributed by atoms with Crippen molar-refractivity contribution in [3.05, 3.63) is 12.2 Å². The Hall–Kier alpha value is -0.440. The first-order valence-electron chi connectivity index (χ1n) is 9.72. The van der Waals surface area contributed by atoms with E-state index in [9.17, 15) is 4.79 Å². The molecule has 0 heterocycles. The van der Waals surface area contributed by atoms with Crippen molar-refractivity contribution in [2.75, 3.05) is 12.4 Å². The summed E-state index contributed by atoms with van der Waals surface area (Å²) in [5.41, 5.74) is 0. The normalized spacial score (nSPS) is 11.2. The Labute approximate surface area is 149 Å². The Morgan fingerprint density at radius 2 is 1.35 bits per heavy atom. The Morgan fingerprint density at radius 3 is 1.91 bits per heavy atom. The maximum atomic E-state index is 11.3. The fourth-order valence-electron chi connectivity index (χ4n) is 2.57. The number of rotatable bonds is 17. The molecule has 0 N–H and O–H groups in total. The second-order valence-electron chi connectivity index (χ2n) is 6.28. The van der Waals surface area contributed by atoms with E-state index in [1.807, 2.05) is 0 Å². The Bertz CT molecular complexity index is 277. The van der Waals surface area contributed by atoms with Gasteiger partial charge in [0, 0.05) is 12.2 Å². The zero-order valence-electron chi connectivity index (χ0n) is 15.2. The van der Waals surface area contributed by atoms with E-state index in [0.29, 0.717) is 18.8 Å². The average molecular weight is 343 g/mol. The van der Waals surface area contributed by atoms with E-state index in [4.69, 9.17) is 4.74 Å². The van der Waals surface area contributed by atoms with Gasteiger partial charge in [0.15, 0.2) is 0 Å². The number of ether oxygens (including phenoxy) is 1. The summed E-state index contributed by atoms with van der Waals surface area (Å²) >= 11 is 4.01. The number of hydrogen-bond acceptors (Lipinski definition) is 3. The van der Waals surface area contributed by atoms with Crippen molar-refractivity contribution in [3.8, 4) is 0 Å². The molecule has 0 aliphatic rings. The van der Waals surface area contributed by atoms with Gasteiger partial charge in [-0.05, 0) is 32.1 Å². The molecule has 0 bridgehead atoms. The predicted molar refractivity (Wildman–Crippen MR) is 104 cm³/mol. The van der Waals surface area contributed by atoms with Crippen LogP contribution >= 0.6 is 12.6 Å². The first-order valence-corrected chi connectivity index (χ1v) is 10.4. The van der Waals surface area contributed by atoms with Crippen LogP contribution in [0.4, 0.5) is 0 Å². The van der Waals surface area contributed by atoms with Gasteiger partial charge in [-0.25, -0.2) is 0 Å². The lowest BCUT2D eigenvalue weighted by Gasteiger charge is -2.02. The fraction of sp³-hybridized carbons (Fsp3) is 0.850. The molecule has 23 heavy (non-hydrogen) atoms. The second-order valence-corrected chi connectivity index (χ2v) is 6.73. The van der Waals surface area contributed by atoms with Gasteiger partial charge in [-0.2, -0.15) is 12.6 Å². The van der Waals surface area contributed by atoms with E-state index in [1.54, 1.807) is 0 Å². The first kappa shape index (κ1) is 22.6. The van der Waals surface area contributed by atoms with Crippen molar-refractivity contribution >= 4 is 18.6 Å². The summed E-state index contributed by atoms with van der Waals surface area (Å²) in [7, 11) is 0. The van der Waals surface area contributed by atoms with Crippen LogP contribution in [0.1, 0.15) is 96.8 Å². The molecule has 0 saturated heterocycles. The molecule has 0 rings (SSSR count). The molecule has 0 fully saturated rings. The Morgan fingerprint density at radius 1 is 0.826 bits per heavy atom. The lowest BCUT2D eigenvalue weighted by Crippen LogP contribution is -2.06. The molecule has 0 aromatic carbocycles. The molecular weight excluding hydrogens is 304 g/mol. The predicted octanol–water partition coefficient (Wildman–Crippen LogP) is 6.50. The van der Waals surface area contributed by atoms with E-state index >= 15 is 0 Å². The van der Waals surface area contributed by atoms with Gasteiger partial charge in [-0.1, -0.05) is 70.4 Å². The smallest absolute Gasteiger partial charge is 0.305 e. The summed E-state index contributed by atoms with van der Waals surface area (Å²) in [4.78, 5) is 11.3. The molecule has 0 aromatic rings. The van der Waals surface area contributed by atoms with Crippen LogP contribution in [0.3, 0.4) is 0 Å². The molecule has 3 heteroatoms. The highest BCUT2D eigenvalue weighted by Crippen LogP contribution is 2.10. The number of thiol groups is 1. The topological polar surface area (TPSA) is 26.3 Å². The number of unbranched alkanes of at least 4 members (excludes halogenated alkanes) is 11. The standard InChI is InChI=1S/C20H38O2S/c1-2-3-4-5-6-7-8-9-10-11-12-13-14-15-16-17-20(21)22-18-19-23/h9-10,23H,2-8,11-19H2,1H3. The first-order chi connectivity index (χ1) is 11.3. The van der Waals surface area contributed by atoms with E-state index in [2.05, 4.69) is 31.7 Å². The molecular formula is C20H38O2S. The van der Waals surface area contributed by atoms with Crippen LogP contribution in [0.2, 0.25) is 0 Å². The minimum Gasteiger partial charge on any atom is -0.465 e. The van der Waals surface area contributed by atoms with Crippen molar-refractivity contribution in [1.82, 2.24) is 0 Å². The molecule has 0 unspecified atom stereocenters. The molecule has 0 amide bonds. The number of esters is 1. The summed E-state index contributed by atoms with van der Waals surface area (Å²) < 4.78 is 4.99. The van der Waals surface area contributed by atoms with Gasteiger partial charge >= 0.3 is 5.97 Å². The average Bonchev–Trinajstić information content (AvgIpc) is 2.56. The van der Waals surface area contributed by atoms with Crippen LogP contribution < -0.4 is 0 Å². The lowest BCUT2D eigenvalue weighted by atomic mass is 10.1. The molecule has 136 valence electrons. The van der Waals surface area contributed by atoms with Gasteiger partial charge in [0.05, 0.1) is 0 Å². The summed E-state index contributed by atoms with van der Waals surface area (Å²) in [6, 6.07) is 0. The third kappa shape index (κ3) is 19.5. The molecule has 0 atom stereocenters. The summed E-state index contributed by atoms with van der Waals surface area (Å²) in [6.45, 7) is 2.70. The minimum atomic E-state index is -0.0725. The van der Waals surface area contributed by atoms with Crippen LogP contribution in [0.5, 0.6) is 0 Å². The zero-order valence-corrected chi connectivity index (χ0v) is 16.1. The van der Waals surface area contributed by atoms with E-state index in [1.165, 1.54) is 70.6 Å². The second kappa shape index (κ2) is 19.6. The van der Waals surface area contributed by atoms with E-state index in [0.717, 1.165) is 12.8 Å². The molecule has 0 radical (unpaired) electrons. The lowest BCUT2D eigenvalue weighted by molar-refractivity contribution is -0.143. The summed E-state index contributed by atoms with van der Waals surface area (Å²) in [6.07, 6.45) is 21.9. The molecule has 0 aliphatic heterocycles. The molecule has 2 nitrogen and oxygen atoms in total. The van der Waals surface area contributed by atoms with E-state index < -0.39 is 0 Å². The SMILES string of the molecule is CCCCCCCCC=CCCCCCCCC(=O)OCCS. The van der Waals surface area contributed by atoms with Crippen LogP contribution in [-0.2, 0) is 9.53 Å². The highest BCUT2D eigenvalue weighted by molar-refractivity contribution is 7.80. The maximum Gasteiger partial charge on any atom is 0.305 e. The van der Waals surface area contributed by atoms with Gasteiger partial charge in [-0.15, -0.1) is 0 Å². The van der Waals surface area contributed by atoms with Crippen LogP contribution in [-0.4, -0.2) is 18.3 Å². The quantitative estimate of drug-likeness (QED) is 0.141. The minimum absolute atomic E-state index is 0.0725. The monoisotopic (exact) mass is 342 g/mol. The highest BCUT2D eigenvalue weighted by atomic mass is 32.1. The largest absolute Gasteiger partial charge is 0.465 e. The van der Waals surface area contributed by atoms with Gasteiger partial charge < -0.3 is 4.74 Å². The summed E-state index contributed by atoms with van der Waals surface area (Å²) in [5, 5.41) is 0. The molecule has 0 saturated carbocycles. The third-order valence-corrected chi connectivity index (χ3v) is 4.18. The van der Waals surface area contributed by atoms with Crippen molar-refractivity contribution in [1.29, 1.82) is 0 Å². The van der Waals surface area contributed by atoms with Crippen molar-refractivity contribution in [2.45, 2.75) is 96.8 Å². The van der Waals surface area contributed by atoms with Gasteiger partial charge in [-0.3, -0.25) is 4.79 Å². The fourth-order valence-corrected chi connectivity index (χ4v) is 2.66. The van der Waals surface area contributed by atoms with Crippen LogP contribution in [0, 0.1) is 0 Å². The number of carbonyl (C=O) groups is 1. The third-order valence-electron chi connectivity index (χ3n) is 4.00. The number of allylic oxidation sites excluding steroid dienone is 2. The Balaban J connectivity index is 3.14. The van der Waals surface area contributed by atoms with Gasteiger partial charge in [0.25, 0.3) is 0 Å². The Kier molecular flexibility index (Phi) is 19.2. The van der Waals surface area contributed by atoms with E-state index in [-0.39, 0.29) is 5.97 Å². The maximum absolute atomic E-state index is 11.3. The van der Waals surface area contributed by atoms with Crippen molar-refractivity contribution in [3.63, 3.8) is 0 Å². The van der Waals surface area contributed by atoms with Gasteiger partial charge in [0.2, 0.25) is 0 Å². The highest BCUT2D eigenvalue weighted by Gasteiger charge is 2.01. The van der Waals surface area contributed by atoms with Gasteiger partial charge in [0.1, 0.15) is 6.61 Å². The van der Waals surface area contributed by atoms with Crippen molar-refractivity contribution < 1.29 is 9.53 Å². The molecule has 0 spiro atoms. The summed E-state index contributed by atoms with van der Waals surface area (Å²) in [5.74, 6) is 0.537. The zero-order chi connectivity index (χ0) is 17.0. The molecule has 0 aliphatic carbocycles. The number of hydrogen-bond donors (Lipinski definition) is 1. The van der Waals surface area contributed by atoms with Crippen LogP contribution in [0.25, 0.3) is 0 Å².